The summed E-state index contributed by atoms with van der Waals surface area (Å²) in [5.41, 5.74) is 0. The number of allylic oxidation sites excluding steroid dienone is 10. The summed E-state index contributed by atoms with van der Waals surface area (Å²) in [6.07, 6.45) is 26.9. The second-order valence-corrected chi connectivity index (χ2v) is 17.7. The van der Waals surface area contributed by atoms with Crippen LogP contribution in [0.25, 0.3) is 0 Å². The number of carbonyl (C=O) groups is 2. The third-order valence-corrected chi connectivity index (χ3v) is 11.8. The van der Waals surface area contributed by atoms with Crippen LogP contribution < -0.4 is 0 Å². The molecule has 0 aliphatic carbocycles. The molecule has 0 aromatic carbocycles. The zero-order valence-electron chi connectivity index (χ0n) is 40.6. The van der Waals surface area contributed by atoms with Gasteiger partial charge in [0.25, 0.3) is 0 Å². The highest BCUT2D eigenvalue weighted by atomic mass is 16.7. The number of hydrogen-bond acceptors (Lipinski definition) is 15. The zero-order chi connectivity index (χ0) is 48.9. The van der Waals surface area contributed by atoms with E-state index in [0.717, 1.165) is 64.2 Å². The Morgan fingerprint density at radius 1 is 0.493 bits per heavy atom. The molecule has 386 valence electrons. The summed E-state index contributed by atoms with van der Waals surface area (Å²) in [6.45, 7) is 2.38. The zero-order valence-corrected chi connectivity index (χ0v) is 40.6. The maximum absolute atomic E-state index is 13.0. The van der Waals surface area contributed by atoms with Gasteiger partial charge in [0.05, 0.1) is 19.8 Å². The van der Waals surface area contributed by atoms with Crippen LogP contribution in [0.5, 0.6) is 0 Å². The summed E-state index contributed by atoms with van der Waals surface area (Å²) >= 11 is 0. The first kappa shape index (κ1) is 60.3. The molecule has 2 rings (SSSR count). The van der Waals surface area contributed by atoms with Gasteiger partial charge >= 0.3 is 11.9 Å². The van der Waals surface area contributed by atoms with E-state index in [1.54, 1.807) is 0 Å². The lowest BCUT2D eigenvalue weighted by atomic mass is 9.98. The first-order valence-corrected chi connectivity index (χ1v) is 25.4. The molecule has 0 saturated carbocycles. The molecular formula is C52H88O15. The van der Waals surface area contributed by atoms with Crippen LogP contribution in [0.3, 0.4) is 0 Å². The molecule has 0 spiro atoms. The molecule has 67 heavy (non-hydrogen) atoms. The number of unbranched alkanes of at least 4 members (excludes halogenated alkanes) is 17. The average molecular weight is 953 g/mol. The topological polar surface area (TPSA) is 231 Å². The van der Waals surface area contributed by atoms with Gasteiger partial charge in [-0.1, -0.05) is 152 Å². The van der Waals surface area contributed by atoms with E-state index in [1.165, 1.54) is 57.8 Å². The molecule has 15 heteroatoms. The van der Waals surface area contributed by atoms with Crippen LogP contribution in [-0.4, -0.2) is 142 Å². The largest absolute Gasteiger partial charge is 0.462 e. The number of rotatable bonds is 38. The van der Waals surface area contributed by atoms with Crippen molar-refractivity contribution in [2.75, 3.05) is 26.4 Å². The van der Waals surface area contributed by atoms with E-state index in [4.69, 9.17) is 28.4 Å². The first-order valence-electron chi connectivity index (χ1n) is 25.4. The van der Waals surface area contributed by atoms with Crippen molar-refractivity contribution in [2.45, 2.75) is 229 Å². The molecule has 2 saturated heterocycles. The summed E-state index contributed by atoms with van der Waals surface area (Å²) in [4.78, 5) is 25.7. The Morgan fingerprint density at radius 3 is 1.54 bits per heavy atom. The quantitative estimate of drug-likeness (QED) is 0.0145. The van der Waals surface area contributed by atoms with Crippen LogP contribution in [0.15, 0.2) is 60.8 Å². The number of carbonyl (C=O) groups excluding carboxylic acids is 2. The van der Waals surface area contributed by atoms with Gasteiger partial charge in [0.2, 0.25) is 0 Å². The van der Waals surface area contributed by atoms with Gasteiger partial charge in [-0.05, 0) is 57.8 Å². The minimum atomic E-state index is -1.78. The van der Waals surface area contributed by atoms with Gasteiger partial charge in [-0.15, -0.1) is 0 Å². The fourth-order valence-corrected chi connectivity index (χ4v) is 7.63. The van der Waals surface area contributed by atoms with E-state index in [-0.39, 0.29) is 19.4 Å². The summed E-state index contributed by atoms with van der Waals surface area (Å²) in [5.74, 6) is -0.984. The van der Waals surface area contributed by atoms with E-state index in [2.05, 4.69) is 38.2 Å². The van der Waals surface area contributed by atoms with Crippen LogP contribution in [0, 0.1) is 0 Å². The molecule has 11 atom stereocenters. The lowest BCUT2D eigenvalue weighted by Gasteiger charge is -2.42. The van der Waals surface area contributed by atoms with Gasteiger partial charge in [0, 0.05) is 12.8 Å². The maximum Gasteiger partial charge on any atom is 0.306 e. The van der Waals surface area contributed by atoms with Crippen LogP contribution in [0.4, 0.5) is 0 Å². The van der Waals surface area contributed by atoms with Crippen molar-refractivity contribution in [3.05, 3.63) is 60.8 Å². The van der Waals surface area contributed by atoms with Crippen molar-refractivity contribution in [1.29, 1.82) is 0 Å². The summed E-state index contributed by atoms with van der Waals surface area (Å²) in [6, 6.07) is 0. The van der Waals surface area contributed by atoms with E-state index in [1.807, 2.05) is 36.5 Å². The predicted molar refractivity (Wildman–Crippen MR) is 256 cm³/mol. The van der Waals surface area contributed by atoms with Gasteiger partial charge in [-0.3, -0.25) is 9.59 Å². The molecule has 5 unspecified atom stereocenters. The second kappa shape index (κ2) is 39.0. The SMILES string of the molecule is CC/C=C/C=C/C=C/C=C/CCCCCC(=O)OC(COC(=O)CCCCCCC/C=C/CCCCCCCCCCC)CO[C@@H]1O[C@H](CO[C@@H]2O[C@H](CO)[C@H](O)C(O)C2O)[C@H](O)C(O)C1O. The van der Waals surface area contributed by atoms with Crippen molar-refractivity contribution in [3.63, 3.8) is 0 Å². The molecule has 7 N–H and O–H groups in total. The highest BCUT2D eigenvalue weighted by Gasteiger charge is 2.47. The Labute approximate surface area is 400 Å². The van der Waals surface area contributed by atoms with Gasteiger partial charge in [0.15, 0.2) is 18.7 Å². The van der Waals surface area contributed by atoms with Gasteiger partial charge in [-0.2, -0.15) is 0 Å². The van der Waals surface area contributed by atoms with Crippen molar-refractivity contribution in [3.8, 4) is 0 Å². The summed E-state index contributed by atoms with van der Waals surface area (Å²) in [5, 5.41) is 72.0. The van der Waals surface area contributed by atoms with E-state index in [9.17, 15) is 45.3 Å². The predicted octanol–water partition coefficient (Wildman–Crippen LogP) is 6.88. The van der Waals surface area contributed by atoms with Crippen LogP contribution in [-0.2, 0) is 38.0 Å². The summed E-state index contributed by atoms with van der Waals surface area (Å²) in [7, 11) is 0. The molecule has 2 aliphatic heterocycles. The lowest BCUT2D eigenvalue weighted by molar-refractivity contribution is -0.332. The van der Waals surface area contributed by atoms with Gasteiger partial charge < -0.3 is 64.2 Å². The fourth-order valence-electron chi connectivity index (χ4n) is 7.63. The van der Waals surface area contributed by atoms with Gasteiger partial charge in [-0.25, -0.2) is 0 Å². The molecule has 0 aromatic heterocycles. The standard InChI is InChI=1S/C52H88O15/c1-3-5-7-9-11-13-15-17-18-19-20-21-23-24-26-28-30-32-34-43(54)62-37-40(65-44(55)35-33-31-29-27-25-22-16-14-12-10-8-6-4-2)38-63-51-50(61)48(59)46(57)42(67-51)39-64-52-49(60)47(58)45(56)41(36-53)66-52/h6,8,10,12,14,16,20-22,25,40-42,45-53,56-61H,3-5,7,9,11,13,15,17-19,23-24,26-39H2,1-2H3/b8-6+,12-10+,16-14+,21-20+,25-22+/t40?,41-,42-,45+,46+,47?,48?,49?,50?,51-,52-/m1/s1. The van der Waals surface area contributed by atoms with E-state index >= 15 is 0 Å². The number of esters is 2. The fraction of sp³-hybridized carbons (Fsp3) is 0.769. The number of aliphatic hydroxyl groups excluding tert-OH is 7. The van der Waals surface area contributed by atoms with Crippen molar-refractivity contribution >= 4 is 11.9 Å². The first-order chi connectivity index (χ1) is 32.5. The molecule has 15 nitrogen and oxygen atoms in total. The minimum absolute atomic E-state index is 0.115. The molecule has 0 bridgehead atoms. The lowest BCUT2D eigenvalue weighted by Crippen LogP contribution is -2.61. The second-order valence-electron chi connectivity index (χ2n) is 17.7. The third kappa shape index (κ3) is 27.3. The Balaban J connectivity index is 1.82. The molecule has 2 fully saturated rings. The van der Waals surface area contributed by atoms with Crippen molar-refractivity contribution in [1.82, 2.24) is 0 Å². The Bertz CT molecular complexity index is 1400. The van der Waals surface area contributed by atoms with Crippen LogP contribution in [0.1, 0.15) is 162 Å². The molecule has 0 aromatic rings. The van der Waals surface area contributed by atoms with E-state index < -0.39 is 99.3 Å². The third-order valence-electron chi connectivity index (χ3n) is 11.8. The summed E-state index contributed by atoms with van der Waals surface area (Å²) < 4.78 is 33.5. The van der Waals surface area contributed by atoms with Crippen LogP contribution in [0.2, 0.25) is 0 Å². The van der Waals surface area contributed by atoms with Crippen molar-refractivity contribution < 1.29 is 73.8 Å². The highest BCUT2D eigenvalue weighted by Crippen LogP contribution is 2.26. The smallest absolute Gasteiger partial charge is 0.306 e. The monoisotopic (exact) mass is 953 g/mol. The molecule has 2 aliphatic rings. The molecule has 0 radical (unpaired) electrons. The minimum Gasteiger partial charge on any atom is -0.462 e. The number of ether oxygens (including phenoxy) is 6. The number of aliphatic hydroxyl groups is 7. The Morgan fingerprint density at radius 2 is 0.955 bits per heavy atom. The van der Waals surface area contributed by atoms with Crippen molar-refractivity contribution in [2.24, 2.45) is 0 Å². The Kier molecular flexibility index (Phi) is 35.1. The molecule has 2 heterocycles. The van der Waals surface area contributed by atoms with Gasteiger partial charge in [0.1, 0.15) is 55.4 Å². The highest BCUT2D eigenvalue weighted by molar-refractivity contribution is 5.70. The molecular weight excluding hydrogens is 865 g/mol. The average Bonchev–Trinajstić information content (AvgIpc) is 3.32. The normalized spacial score (nSPS) is 26.5. The molecule has 0 amide bonds. The maximum atomic E-state index is 13.0. The number of hydrogen-bond donors (Lipinski definition) is 7. The van der Waals surface area contributed by atoms with E-state index in [0.29, 0.717) is 12.8 Å². The van der Waals surface area contributed by atoms with Crippen LogP contribution >= 0.6 is 0 Å². The Hall–Kier alpha value is -2.80.